The Morgan fingerprint density at radius 2 is 1.93 bits per heavy atom. The Balaban J connectivity index is 2.52. The van der Waals surface area contributed by atoms with Gasteiger partial charge in [0.2, 0.25) is 5.90 Å². The third kappa shape index (κ3) is 1.64. The van der Waals surface area contributed by atoms with Gasteiger partial charge >= 0.3 is 0 Å². The Morgan fingerprint density at radius 1 is 1.29 bits per heavy atom. The van der Waals surface area contributed by atoms with Gasteiger partial charge in [-0.25, -0.2) is 13.8 Å². The molecule has 1 aromatic carbocycles. The Kier molecular flexibility index (Phi) is 2.50. The first-order valence-corrected chi connectivity index (χ1v) is 4.80. The van der Waals surface area contributed by atoms with E-state index in [0.717, 1.165) is 0 Å². The van der Waals surface area contributed by atoms with Gasteiger partial charge in [-0.05, 0) is 12.1 Å². The average molecular weight is 262 g/mol. The van der Waals surface area contributed by atoms with E-state index in [-0.39, 0.29) is 11.5 Å². The maximum Gasteiger partial charge on any atom is 0.222 e. The third-order valence-electron chi connectivity index (χ3n) is 1.81. The molecular formula is C9H6BrF2NO. The van der Waals surface area contributed by atoms with E-state index in [1.165, 1.54) is 12.1 Å². The molecule has 74 valence electrons. The van der Waals surface area contributed by atoms with Crippen molar-refractivity contribution in [3.63, 3.8) is 0 Å². The van der Waals surface area contributed by atoms with Crippen molar-refractivity contribution in [2.45, 2.75) is 0 Å². The molecule has 0 unspecified atom stereocenters. The summed E-state index contributed by atoms with van der Waals surface area (Å²) in [6.07, 6.45) is 0. The number of hydrogen-bond donors (Lipinski definition) is 0. The molecule has 0 fully saturated rings. The SMILES string of the molecule is Fc1cc(Br)cc(F)c1C1=NCCO1. The van der Waals surface area contributed by atoms with Crippen molar-refractivity contribution in [3.8, 4) is 0 Å². The summed E-state index contributed by atoms with van der Waals surface area (Å²) in [5.74, 6) is -1.29. The Labute approximate surface area is 87.7 Å². The maximum atomic E-state index is 13.3. The topological polar surface area (TPSA) is 21.6 Å². The fraction of sp³-hybridized carbons (Fsp3) is 0.222. The summed E-state index contributed by atoms with van der Waals surface area (Å²) >= 11 is 2.99. The molecule has 0 radical (unpaired) electrons. The molecule has 0 saturated heterocycles. The van der Waals surface area contributed by atoms with E-state index in [9.17, 15) is 8.78 Å². The summed E-state index contributed by atoms with van der Waals surface area (Å²) in [6.45, 7) is 0.828. The van der Waals surface area contributed by atoms with Gasteiger partial charge in [-0.1, -0.05) is 15.9 Å². The van der Waals surface area contributed by atoms with Gasteiger partial charge in [-0.2, -0.15) is 0 Å². The molecule has 0 saturated carbocycles. The van der Waals surface area contributed by atoms with E-state index in [1.807, 2.05) is 0 Å². The number of aliphatic imine (C=N–C) groups is 1. The minimum Gasteiger partial charge on any atom is -0.475 e. The van der Waals surface area contributed by atoms with Gasteiger partial charge in [0.15, 0.2) is 0 Å². The lowest BCUT2D eigenvalue weighted by Gasteiger charge is -2.05. The van der Waals surface area contributed by atoms with Crippen molar-refractivity contribution in [1.82, 2.24) is 0 Å². The largest absolute Gasteiger partial charge is 0.475 e. The molecule has 0 amide bonds. The summed E-state index contributed by atoms with van der Waals surface area (Å²) in [5, 5.41) is 0. The monoisotopic (exact) mass is 261 g/mol. The highest BCUT2D eigenvalue weighted by Crippen LogP contribution is 2.21. The molecule has 5 heteroatoms. The van der Waals surface area contributed by atoms with Gasteiger partial charge < -0.3 is 4.74 Å². The van der Waals surface area contributed by atoms with E-state index in [2.05, 4.69) is 20.9 Å². The molecule has 14 heavy (non-hydrogen) atoms. The van der Waals surface area contributed by atoms with Crippen LogP contribution in [0, 0.1) is 11.6 Å². The Bertz CT molecular complexity index is 383. The number of rotatable bonds is 1. The van der Waals surface area contributed by atoms with Crippen LogP contribution >= 0.6 is 15.9 Å². The van der Waals surface area contributed by atoms with Gasteiger partial charge in [0.25, 0.3) is 0 Å². The van der Waals surface area contributed by atoms with Gasteiger partial charge in [0.1, 0.15) is 23.8 Å². The minimum absolute atomic E-state index is 0.0486. The van der Waals surface area contributed by atoms with Crippen molar-refractivity contribution in [3.05, 3.63) is 33.8 Å². The molecule has 0 atom stereocenters. The van der Waals surface area contributed by atoms with Crippen LogP contribution in [0.4, 0.5) is 8.78 Å². The van der Waals surface area contributed by atoms with E-state index in [0.29, 0.717) is 17.6 Å². The third-order valence-corrected chi connectivity index (χ3v) is 2.26. The highest BCUT2D eigenvalue weighted by Gasteiger charge is 2.20. The van der Waals surface area contributed by atoms with Gasteiger partial charge in [-0.15, -0.1) is 0 Å². The zero-order valence-corrected chi connectivity index (χ0v) is 8.64. The van der Waals surface area contributed by atoms with E-state index < -0.39 is 11.6 Å². The minimum atomic E-state index is -0.669. The van der Waals surface area contributed by atoms with Crippen LogP contribution in [0.25, 0.3) is 0 Å². The summed E-state index contributed by atoms with van der Waals surface area (Å²) < 4.78 is 32.0. The number of ether oxygens (including phenoxy) is 1. The molecule has 0 aliphatic carbocycles. The van der Waals surface area contributed by atoms with Crippen LogP contribution in [0.5, 0.6) is 0 Å². The normalized spacial score (nSPS) is 15.2. The van der Waals surface area contributed by atoms with Gasteiger partial charge in [-0.3, -0.25) is 0 Å². The fourth-order valence-corrected chi connectivity index (χ4v) is 1.63. The Hall–Kier alpha value is -0.970. The number of benzene rings is 1. The molecule has 0 aromatic heterocycles. The number of halogens is 3. The molecule has 1 aromatic rings. The van der Waals surface area contributed by atoms with E-state index >= 15 is 0 Å². The van der Waals surface area contributed by atoms with E-state index in [4.69, 9.17) is 4.74 Å². The molecular weight excluding hydrogens is 256 g/mol. The van der Waals surface area contributed by atoms with Crippen LogP contribution in [0.15, 0.2) is 21.6 Å². The highest BCUT2D eigenvalue weighted by molar-refractivity contribution is 9.10. The molecule has 2 nitrogen and oxygen atoms in total. The van der Waals surface area contributed by atoms with Crippen molar-refractivity contribution in [2.75, 3.05) is 13.2 Å². The molecule has 1 heterocycles. The van der Waals surface area contributed by atoms with Crippen LogP contribution in [-0.2, 0) is 4.74 Å². The molecule has 0 spiro atoms. The highest BCUT2D eigenvalue weighted by atomic mass is 79.9. The predicted molar refractivity (Wildman–Crippen MR) is 51.4 cm³/mol. The molecule has 0 bridgehead atoms. The lowest BCUT2D eigenvalue weighted by molar-refractivity contribution is 0.345. The van der Waals surface area contributed by atoms with Crippen molar-refractivity contribution in [1.29, 1.82) is 0 Å². The quantitative estimate of drug-likeness (QED) is 0.762. The summed E-state index contributed by atoms with van der Waals surface area (Å²) in [7, 11) is 0. The molecule has 2 rings (SSSR count). The first kappa shape index (κ1) is 9.58. The van der Waals surface area contributed by atoms with Crippen LogP contribution in [0.1, 0.15) is 5.56 Å². The van der Waals surface area contributed by atoms with Crippen LogP contribution in [0.2, 0.25) is 0 Å². The van der Waals surface area contributed by atoms with Crippen LogP contribution in [0.3, 0.4) is 0 Å². The molecule has 1 aliphatic heterocycles. The average Bonchev–Trinajstić information content (AvgIpc) is 2.54. The number of hydrogen-bond acceptors (Lipinski definition) is 2. The van der Waals surface area contributed by atoms with Gasteiger partial charge in [0.05, 0.1) is 6.54 Å². The number of nitrogens with zero attached hydrogens (tertiary/aromatic N) is 1. The second-order valence-electron chi connectivity index (χ2n) is 2.78. The molecule has 1 aliphatic rings. The summed E-state index contributed by atoms with van der Waals surface area (Å²) in [5.41, 5.74) is -0.189. The second kappa shape index (κ2) is 3.65. The van der Waals surface area contributed by atoms with Crippen molar-refractivity contribution in [2.24, 2.45) is 4.99 Å². The zero-order valence-electron chi connectivity index (χ0n) is 7.06. The Morgan fingerprint density at radius 3 is 2.43 bits per heavy atom. The lowest BCUT2D eigenvalue weighted by atomic mass is 10.2. The first-order chi connectivity index (χ1) is 6.68. The van der Waals surface area contributed by atoms with Crippen molar-refractivity contribution < 1.29 is 13.5 Å². The predicted octanol–water partition coefficient (Wildman–Crippen LogP) is 2.50. The van der Waals surface area contributed by atoms with Crippen LogP contribution < -0.4 is 0 Å². The van der Waals surface area contributed by atoms with Crippen LogP contribution in [-0.4, -0.2) is 19.0 Å². The lowest BCUT2D eigenvalue weighted by Crippen LogP contribution is -2.07. The van der Waals surface area contributed by atoms with E-state index in [1.54, 1.807) is 0 Å². The molecule has 0 N–H and O–H groups in total. The second-order valence-corrected chi connectivity index (χ2v) is 3.70. The smallest absolute Gasteiger partial charge is 0.222 e. The standard InChI is InChI=1S/C9H6BrF2NO/c10-5-3-6(11)8(7(12)4-5)9-13-1-2-14-9/h3-4H,1-2H2. The zero-order chi connectivity index (χ0) is 10.1. The summed E-state index contributed by atoms with van der Waals surface area (Å²) in [4.78, 5) is 3.86. The first-order valence-electron chi connectivity index (χ1n) is 4.00. The van der Waals surface area contributed by atoms with Gasteiger partial charge in [0, 0.05) is 4.47 Å². The maximum absolute atomic E-state index is 13.3. The summed E-state index contributed by atoms with van der Waals surface area (Å²) in [6, 6.07) is 2.37. The fourth-order valence-electron chi connectivity index (χ4n) is 1.23. The van der Waals surface area contributed by atoms with Crippen molar-refractivity contribution >= 4 is 21.8 Å².